The van der Waals surface area contributed by atoms with Crippen LogP contribution >= 0.6 is 0 Å². The number of nitrogens with one attached hydrogen (secondary N) is 1. The first-order chi connectivity index (χ1) is 12.4. The van der Waals surface area contributed by atoms with Crippen molar-refractivity contribution in [2.24, 2.45) is 0 Å². The molecule has 0 saturated carbocycles. The van der Waals surface area contributed by atoms with Gasteiger partial charge in [-0.15, -0.1) is 0 Å². The van der Waals surface area contributed by atoms with E-state index >= 15 is 0 Å². The van der Waals surface area contributed by atoms with E-state index in [0.717, 1.165) is 0 Å². The largest absolute Gasteiger partial charge is 0.497 e. The summed E-state index contributed by atoms with van der Waals surface area (Å²) in [5.74, 6) is 0.799. The smallest absolute Gasteiger partial charge is 0.255 e. The van der Waals surface area contributed by atoms with Crippen LogP contribution in [0.1, 0.15) is 16.8 Å². The number of hydrogen-bond acceptors (Lipinski definition) is 5. The standard InChI is InChI=1S/C18H20N2O5S/c1-24-15-6-3-5-13(11-15)18(21)19-16-8-7-14(12-17(16)25-2)20-9-4-10-26(20,22)23/h3,5-8,11-12H,4,9-10H2,1-2H3,(H,19,21). The molecule has 1 aliphatic rings. The Labute approximate surface area is 152 Å². The van der Waals surface area contributed by atoms with E-state index in [9.17, 15) is 13.2 Å². The molecular formula is C18H20N2O5S. The van der Waals surface area contributed by atoms with Gasteiger partial charge in [-0.25, -0.2) is 8.42 Å². The second kappa shape index (κ2) is 7.25. The second-order valence-corrected chi connectivity index (χ2v) is 7.83. The van der Waals surface area contributed by atoms with Gasteiger partial charge in [0, 0.05) is 18.2 Å². The summed E-state index contributed by atoms with van der Waals surface area (Å²) in [6.07, 6.45) is 0.596. The minimum absolute atomic E-state index is 0.143. The lowest BCUT2D eigenvalue weighted by atomic mass is 10.2. The third-order valence-electron chi connectivity index (χ3n) is 4.15. The molecule has 7 nitrogen and oxygen atoms in total. The summed E-state index contributed by atoms with van der Waals surface area (Å²) in [4.78, 5) is 12.5. The van der Waals surface area contributed by atoms with Crippen molar-refractivity contribution in [1.29, 1.82) is 0 Å². The van der Waals surface area contributed by atoms with Gasteiger partial charge in [0.1, 0.15) is 11.5 Å². The maximum absolute atomic E-state index is 12.5. The molecule has 1 aliphatic heterocycles. The predicted molar refractivity (Wildman–Crippen MR) is 99.7 cm³/mol. The summed E-state index contributed by atoms with van der Waals surface area (Å²) in [6.45, 7) is 0.445. The highest BCUT2D eigenvalue weighted by Gasteiger charge is 2.29. The van der Waals surface area contributed by atoms with Gasteiger partial charge in [-0.05, 0) is 36.8 Å². The van der Waals surface area contributed by atoms with Crippen molar-refractivity contribution in [2.45, 2.75) is 6.42 Å². The van der Waals surface area contributed by atoms with Crippen LogP contribution in [0, 0.1) is 0 Å². The van der Waals surface area contributed by atoms with Gasteiger partial charge in [-0.2, -0.15) is 0 Å². The highest BCUT2D eigenvalue weighted by molar-refractivity contribution is 7.93. The number of carbonyl (C=O) groups is 1. The van der Waals surface area contributed by atoms with Crippen LogP contribution in [0.15, 0.2) is 42.5 Å². The molecule has 26 heavy (non-hydrogen) atoms. The van der Waals surface area contributed by atoms with E-state index in [1.807, 2.05) is 0 Å². The number of carbonyl (C=O) groups excluding carboxylic acids is 1. The zero-order valence-corrected chi connectivity index (χ0v) is 15.4. The van der Waals surface area contributed by atoms with E-state index in [2.05, 4.69) is 5.32 Å². The molecule has 0 bridgehead atoms. The molecule has 0 aromatic heterocycles. The van der Waals surface area contributed by atoms with E-state index in [4.69, 9.17) is 9.47 Å². The van der Waals surface area contributed by atoms with Crippen molar-refractivity contribution in [3.8, 4) is 11.5 Å². The number of rotatable bonds is 5. The highest BCUT2D eigenvalue weighted by atomic mass is 32.2. The number of anilines is 2. The van der Waals surface area contributed by atoms with E-state index in [0.29, 0.717) is 41.4 Å². The van der Waals surface area contributed by atoms with Crippen LogP contribution in [0.3, 0.4) is 0 Å². The average Bonchev–Trinajstić information content (AvgIpc) is 3.01. The van der Waals surface area contributed by atoms with Crippen molar-refractivity contribution in [3.63, 3.8) is 0 Å². The average molecular weight is 376 g/mol. The first-order valence-electron chi connectivity index (χ1n) is 8.08. The molecule has 8 heteroatoms. The molecule has 2 aromatic rings. The minimum atomic E-state index is -3.28. The van der Waals surface area contributed by atoms with Crippen molar-refractivity contribution in [1.82, 2.24) is 0 Å². The van der Waals surface area contributed by atoms with Gasteiger partial charge in [-0.1, -0.05) is 6.07 Å². The molecule has 1 amide bonds. The van der Waals surface area contributed by atoms with Crippen LogP contribution in [0.4, 0.5) is 11.4 Å². The zero-order valence-electron chi connectivity index (χ0n) is 14.6. The fourth-order valence-corrected chi connectivity index (χ4v) is 4.38. The molecule has 1 fully saturated rings. The minimum Gasteiger partial charge on any atom is -0.497 e. The number of amides is 1. The fraction of sp³-hybridized carbons (Fsp3) is 0.278. The Bertz CT molecular complexity index is 927. The molecule has 2 aromatic carbocycles. The molecule has 1 heterocycles. The number of ether oxygens (including phenoxy) is 2. The fourth-order valence-electron chi connectivity index (χ4n) is 2.83. The maximum Gasteiger partial charge on any atom is 0.255 e. The Morgan fingerprint density at radius 3 is 2.58 bits per heavy atom. The lowest BCUT2D eigenvalue weighted by Gasteiger charge is -2.19. The van der Waals surface area contributed by atoms with E-state index < -0.39 is 10.0 Å². The molecule has 0 aliphatic carbocycles. The van der Waals surface area contributed by atoms with Crippen molar-refractivity contribution in [2.75, 3.05) is 36.1 Å². The Balaban J connectivity index is 1.85. The second-order valence-electron chi connectivity index (χ2n) is 5.81. The molecule has 138 valence electrons. The van der Waals surface area contributed by atoms with E-state index in [-0.39, 0.29) is 11.7 Å². The van der Waals surface area contributed by atoms with Gasteiger partial charge < -0.3 is 14.8 Å². The normalized spacial score (nSPS) is 15.5. The maximum atomic E-state index is 12.5. The first-order valence-corrected chi connectivity index (χ1v) is 9.69. The van der Waals surface area contributed by atoms with Crippen LogP contribution in [-0.4, -0.2) is 40.8 Å². The molecule has 0 atom stereocenters. The Hall–Kier alpha value is -2.74. The van der Waals surface area contributed by atoms with Gasteiger partial charge in [0.05, 0.1) is 31.3 Å². The Morgan fingerprint density at radius 2 is 1.92 bits per heavy atom. The van der Waals surface area contributed by atoms with Crippen molar-refractivity contribution in [3.05, 3.63) is 48.0 Å². The molecule has 0 unspecified atom stereocenters. The number of benzene rings is 2. The lowest BCUT2D eigenvalue weighted by molar-refractivity contribution is 0.102. The number of sulfonamides is 1. The van der Waals surface area contributed by atoms with Crippen LogP contribution in [0.25, 0.3) is 0 Å². The SMILES string of the molecule is COc1cccc(C(=O)Nc2ccc(N3CCCS3(=O)=O)cc2OC)c1. The molecule has 0 radical (unpaired) electrons. The lowest BCUT2D eigenvalue weighted by Crippen LogP contribution is -2.25. The van der Waals surface area contributed by atoms with Crippen molar-refractivity contribution < 1.29 is 22.7 Å². The van der Waals surface area contributed by atoms with Crippen LogP contribution < -0.4 is 19.1 Å². The van der Waals surface area contributed by atoms with Gasteiger partial charge >= 0.3 is 0 Å². The molecule has 1 N–H and O–H groups in total. The number of nitrogens with zero attached hydrogens (tertiary/aromatic N) is 1. The van der Waals surface area contributed by atoms with Crippen LogP contribution in [-0.2, 0) is 10.0 Å². The summed E-state index contributed by atoms with van der Waals surface area (Å²) in [6, 6.07) is 11.7. The summed E-state index contributed by atoms with van der Waals surface area (Å²) in [5, 5.41) is 2.78. The first kappa shape index (κ1) is 18.1. The molecule has 1 saturated heterocycles. The third-order valence-corrected chi connectivity index (χ3v) is 6.02. The summed E-state index contributed by atoms with van der Waals surface area (Å²) >= 11 is 0. The Morgan fingerprint density at radius 1 is 1.12 bits per heavy atom. The highest BCUT2D eigenvalue weighted by Crippen LogP contribution is 2.33. The number of methoxy groups -OCH3 is 2. The summed E-state index contributed by atoms with van der Waals surface area (Å²) in [5.41, 5.74) is 1.43. The summed E-state index contributed by atoms with van der Waals surface area (Å²) < 4.78 is 36.0. The van der Waals surface area contributed by atoms with Crippen LogP contribution in [0.2, 0.25) is 0 Å². The molecule has 0 spiro atoms. The summed E-state index contributed by atoms with van der Waals surface area (Å²) in [7, 11) is -0.271. The van der Waals surface area contributed by atoms with Crippen molar-refractivity contribution >= 4 is 27.3 Å². The topological polar surface area (TPSA) is 84.9 Å². The predicted octanol–water partition coefficient (Wildman–Crippen LogP) is 2.50. The van der Waals surface area contributed by atoms with Gasteiger partial charge in [0.15, 0.2) is 0 Å². The number of hydrogen-bond donors (Lipinski definition) is 1. The van der Waals surface area contributed by atoms with Gasteiger partial charge in [0.2, 0.25) is 10.0 Å². The van der Waals surface area contributed by atoms with E-state index in [1.165, 1.54) is 18.5 Å². The molecular weight excluding hydrogens is 356 g/mol. The van der Waals surface area contributed by atoms with Gasteiger partial charge in [0.25, 0.3) is 5.91 Å². The zero-order chi connectivity index (χ0) is 18.7. The monoisotopic (exact) mass is 376 g/mol. The van der Waals surface area contributed by atoms with Crippen LogP contribution in [0.5, 0.6) is 11.5 Å². The Kier molecular flexibility index (Phi) is 5.03. The quantitative estimate of drug-likeness (QED) is 0.867. The molecule has 3 rings (SSSR count). The van der Waals surface area contributed by atoms with E-state index in [1.54, 1.807) is 42.5 Å². The van der Waals surface area contributed by atoms with Gasteiger partial charge in [-0.3, -0.25) is 9.10 Å². The third kappa shape index (κ3) is 3.60.